The highest BCUT2D eigenvalue weighted by molar-refractivity contribution is 7.10. The molecule has 4 heteroatoms. The summed E-state index contributed by atoms with van der Waals surface area (Å²) in [7, 11) is 0. The van der Waals surface area contributed by atoms with Gasteiger partial charge in [0.15, 0.2) is 0 Å². The Morgan fingerprint density at radius 1 is 1.50 bits per heavy atom. The van der Waals surface area contributed by atoms with Crippen molar-refractivity contribution in [3.05, 3.63) is 21.9 Å². The Bertz CT molecular complexity index is 464. The molecule has 0 radical (unpaired) electrons. The van der Waals surface area contributed by atoms with E-state index in [0.29, 0.717) is 12.1 Å². The van der Waals surface area contributed by atoms with Crippen LogP contribution in [0.5, 0.6) is 0 Å². The van der Waals surface area contributed by atoms with E-state index >= 15 is 0 Å². The van der Waals surface area contributed by atoms with Crippen LogP contribution in [-0.2, 0) is 0 Å². The zero-order valence-corrected chi connectivity index (χ0v) is 12.0. The Labute approximate surface area is 113 Å². The maximum absolute atomic E-state index is 12.1. The van der Waals surface area contributed by atoms with Gasteiger partial charge < -0.3 is 11.1 Å². The van der Waals surface area contributed by atoms with Crippen molar-refractivity contribution in [1.82, 2.24) is 5.32 Å². The topological polar surface area (TPSA) is 55.1 Å². The van der Waals surface area contributed by atoms with E-state index in [9.17, 15) is 4.79 Å². The predicted molar refractivity (Wildman–Crippen MR) is 76.7 cm³/mol. The van der Waals surface area contributed by atoms with Gasteiger partial charge in [-0.3, -0.25) is 4.79 Å². The van der Waals surface area contributed by atoms with Gasteiger partial charge in [0.2, 0.25) is 0 Å². The Balaban J connectivity index is 2.76. The summed E-state index contributed by atoms with van der Waals surface area (Å²) >= 11 is 1.47. The summed E-state index contributed by atoms with van der Waals surface area (Å²) < 4.78 is 0. The van der Waals surface area contributed by atoms with Gasteiger partial charge in [-0.15, -0.1) is 11.3 Å². The third-order valence-corrected chi connectivity index (χ3v) is 4.00. The molecular formula is C14H20N2OS. The van der Waals surface area contributed by atoms with Gasteiger partial charge in [0.05, 0.1) is 17.0 Å². The Morgan fingerprint density at radius 2 is 2.17 bits per heavy atom. The van der Waals surface area contributed by atoms with Gasteiger partial charge in [0, 0.05) is 10.9 Å². The molecule has 0 saturated heterocycles. The fourth-order valence-corrected chi connectivity index (χ4v) is 2.19. The van der Waals surface area contributed by atoms with Crippen molar-refractivity contribution < 1.29 is 4.79 Å². The van der Waals surface area contributed by atoms with E-state index in [1.165, 1.54) is 11.3 Å². The van der Waals surface area contributed by atoms with Crippen LogP contribution in [0.15, 0.2) is 11.4 Å². The lowest BCUT2D eigenvalue weighted by Gasteiger charge is -2.27. The van der Waals surface area contributed by atoms with E-state index in [-0.39, 0.29) is 11.4 Å². The molecule has 1 amide bonds. The number of thiophene rings is 1. The van der Waals surface area contributed by atoms with Crippen LogP contribution in [0.3, 0.4) is 0 Å². The fraction of sp³-hybridized carbons (Fsp3) is 0.500. The van der Waals surface area contributed by atoms with Gasteiger partial charge >= 0.3 is 0 Å². The van der Waals surface area contributed by atoms with Gasteiger partial charge in [-0.2, -0.15) is 0 Å². The molecule has 0 aliphatic heterocycles. The zero-order valence-electron chi connectivity index (χ0n) is 11.2. The smallest absolute Gasteiger partial charge is 0.252 e. The minimum atomic E-state index is -0.137. The Kier molecular flexibility index (Phi) is 5.39. The first-order valence-electron chi connectivity index (χ1n) is 6.14. The second kappa shape index (κ2) is 6.58. The molecule has 0 bridgehead atoms. The molecule has 0 aromatic carbocycles. The van der Waals surface area contributed by atoms with Crippen molar-refractivity contribution >= 4 is 17.2 Å². The zero-order chi connectivity index (χ0) is 13.6. The van der Waals surface area contributed by atoms with Crippen molar-refractivity contribution in [2.45, 2.75) is 39.2 Å². The first-order chi connectivity index (χ1) is 8.54. The summed E-state index contributed by atoms with van der Waals surface area (Å²) in [6.07, 6.45) is 1.83. The minimum Gasteiger partial charge on any atom is -0.347 e. The molecule has 1 aromatic heterocycles. The van der Waals surface area contributed by atoms with Crippen LogP contribution in [-0.4, -0.2) is 18.0 Å². The summed E-state index contributed by atoms with van der Waals surface area (Å²) in [6.45, 7) is 6.56. The predicted octanol–water partition coefficient (Wildman–Crippen LogP) is 2.37. The summed E-state index contributed by atoms with van der Waals surface area (Å²) in [5.41, 5.74) is 5.85. The van der Waals surface area contributed by atoms with Gasteiger partial charge in [0.25, 0.3) is 5.91 Å². The molecule has 0 atom stereocenters. The number of carbonyl (C=O) groups is 1. The minimum absolute atomic E-state index is 0.0294. The van der Waals surface area contributed by atoms with Gasteiger partial charge in [0.1, 0.15) is 0 Å². The highest BCUT2D eigenvalue weighted by Crippen LogP contribution is 2.17. The van der Waals surface area contributed by atoms with Gasteiger partial charge in [-0.05, 0) is 25.8 Å². The summed E-state index contributed by atoms with van der Waals surface area (Å²) in [5.74, 6) is 5.69. The molecule has 1 heterocycles. The molecule has 3 N–H and O–H groups in total. The van der Waals surface area contributed by atoms with Crippen LogP contribution in [0.2, 0.25) is 0 Å². The van der Waals surface area contributed by atoms with Crippen LogP contribution in [0.1, 0.15) is 48.8 Å². The highest BCUT2D eigenvalue weighted by Gasteiger charge is 2.22. The van der Waals surface area contributed by atoms with Crippen LogP contribution >= 0.6 is 11.3 Å². The number of hydrogen-bond donors (Lipinski definition) is 2. The molecule has 18 heavy (non-hydrogen) atoms. The normalized spacial score (nSPS) is 10.7. The SMILES string of the molecule is CCC(C)(CC)NC(=O)c1csc(C#CCN)c1. The monoisotopic (exact) mass is 264 g/mol. The maximum atomic E-state index is 12.1. The van der Waals surface area contributed by atoms with E-state index in [2.05, 4.69) is 37.9 Å². The first kappa shape index (κ1) is 14.7. The summed E-state index contributed by atoms with van der Waals surface area (Å²) in [6, 6.07) is 1.81. The molecule has 0 fully saturated rings. The lowest BCUT2D eigenvalue weighted by Crippen LogP contribution is -2.44. The highest BCUT2D eigenvalue weighted by atomic mass is 32.1. The molecular weight excluding hydrogens is 244 g/mol. The molecule has 0 spiro atoms. The van der Waals surface area contributed by atoms with Crippen molar-refractivity contribution in [2.75, 3.05) is 6.54 Å². The molecule has 0 aliphatic rings. The number of nitrogens with two attached hydrogens (primary N) is 1. The number of rotatable bonds is 4. The largest absolute Gasteiger partial charge is 0.347 e. The van der Waals surface area contributed by atoms with E-state index in [0.717, 1.165) is 17.7 Å². The Morgan fingerprint density at radius 3 is 2.72 bits per heavy atom. The number of amides is 1. The maximum Gasteiger partial charge on any atom is 0.252 e. The van der Waals surface area contributed by atoms with Gasteiger partial charge in [-0.25, -0.2) is 0 Å². The van der Waals surface area contributed by atoms with E-state index in [4.69, 9.17) is 5.73 Å². The standard InChI is InChI=1S/C14H20N2OS/c1-4-14(3,5-2)16-13(17)11-9-12(18-10-11)7-6-8-15/h9-10H,4-5,8,15H2,1-3H3,(H,16,17). The van der Waals surface area contributed by atoms with E-state index in [1.807, 2.05) is 11.4 Å². The fourth-order valence-electron chi connectivity index (χ4n) is 1.43. The van der Waals surface area contributed by atoms with Crippen molar-refractivity contribution in [3.8, 4) is 11.8 Å². The lowest BCUT2D eigenvalue weighted by atomic mass is 9.95. The first-order valence-corrected chi connectivity index (χ1v) is 7.02. The summed E-state index contributed by atoms with van der Waals surface area (Å²) in [5, 5.41) is 4.91. The molecule has 1 aromatic rings. The quantitative estimate of drug-likeness (QED) is 0.820. The van der Waals surface area contributed by atoms with E-state index < -0.39 is 0 Å². The number of carbonyl (C=O) groups excluding carboxylic acids is 1. The van der Waals surface area contributed by atoms with Crippen molar-refractivity contribution in [1.29, 1.82) is 0 Å². The number of hydrogen-bond acceptors (Lipinski definition) is 3. The molecule has 98 valence electrons. The van der Waals surface area contributed by atoms with Crippen LogP contribution in [0.25, 0.3) is 0 Å². The molecule has 0 saturated carbocycles. The average Bonchev–Trinajstić information content (AvgIpc) is 2.85. The molecule has 0 unspecified atom stereocenters. The van der Waals surface area contributed by atoms with Gasteiger partial charge in [-0.1, -0.05) is 25.7 Å². The van der Waals surface area contributed by atoms with Crippen LogP contribution in [0, 0.1) is 11.8 Å². The third-order valence-electron chi connectivity index (χ3n) is 3.15. The second-order valence-electron chi connectivity index (χ2n) is 4.43. The van der Waals surface area contributed by atoms with Crippen molar-refractivity contribution in [2.24, 2.45) is 5.73 Å². The van der Waals surface area contributed by atoms with E-state index in [1.54, 1.807) is 0 Å². The molecule has 3 nitrogen and oxygen atoms in total. The van der Waals surface area contributed by atoms with Crippen LogP contribution < -0.4 is 11.1 Å². The van der Waals surface area contributed by atoms with Crippen LogP contribution in [0.4, 0.5) is 0 Å². The second-order valence-corrected chi connectivity index (χ2v) is 5.34. The summed E-state index contributed by atoms with van der Waals surface area (Å²) in [4.78, 5) is 13.0. The molecule has 0 aliphatic carbocycles. The number of nitrogens with one attached hydrogen (secondary N) is 1. The molecule has 1 rings (SSSR count). The van der Waals surface area contributed by atoms with Crippen molar-refractivity contribution in [3.63, 3.8) is 0 Å². The average molecular weight is 264 g/mol. The lowest BCUT2D eigenvalue weighted by molar-refractivity contribution is 0.0901. The Hall–Kier alpha value is -1.31. The third kappa shape index (κ3) is 3.86.